The van der Waals surface area contributed by atoms with Crippen molar-refractivity contribution in [2.24, 2.45) is 5.73 Å². The Morgan fingerprint density at radius 3 is 2.80 bits per heavy atom. The fourth-order valence-electron chi connectivity index (χ4n) is 0.575. The van der Waals surface area contributed by atoms with E-state index in [1.165, 1.54) is 12.5 Å². The average molecular weight is 166 g/mol. The molecule has 0 radical (unpaired) electrons. The van der Waals surface area contributed by atoms with Crippen molar-refractivity contribution in [2.45, 2.75) is 6.04 Å². The van der Waals surface area contributed by atoms with Crippen LogP contribution >= 0.6 is 12.4 Å². The zero-order chi connectivity index (χ0) is 6.69. The van der Waals surface area contributed by atoms with Crippen LogP contribution in [0.5, 0.6) is 0 Å². The summed E-state index contributed by atoms with van der Waals surface area (Å²) in [6, 6.07) is 1.13. The third-order valence-corrected chi connectivity index (χ3v) is 1.14. The highest BCUT2D eigenvalue weighted by Crippen LogP contribution is 2.09. The lowest BCUT2D eigenvalue weighted by Crippen LogP contribution is -2.10. The van der Waals surface area contributed by atoms with Gasteiger partial charge in [-0.1, -0.05) is 0 Å². The van der Waals surface area contributed by atoms with Gasteiger partial charge in [-0.3, -0.25) is 0 Å². The van der Waals surface area contributed by atoms with E-state index in [1.807, 2.05) is 0 Å². The lowest BCUT2D eigenvalue weighted by atomic mass is 10.2. The lowest BCUT2D eigenvalue weighted by Gasteiger charge is -1.99. The molecule has 0 aliphatic carbocycles. The SMILES string of the molecule is Cl.N[C@@H](CF)c1ccoc1. The number of furan rings is 1. The molecular weight excluding hydrogens is 157 g/mol. The molecule has 10 heavy (non-hydrogen) atoms. The molecule has 2 N–H and O–H groups in total. The average Bonchev–Trinajstić information content (AvgIpc) is 2.37. The van der Waals surface area contributed by atoms with Crippen molar-refractivity contribution < 1.29 is 8.81 Å². The summed E-state index contributed by atoms with van der Waals surface area (Å²) in [6.07, 6.45) is 2.93. The van der Waals surface area contributed by atoms with Crippen LogP contribution in [0.2, 0.25) is 0 Å². The molecule has 2 nitrogen and oxygen atoms in total. The largest absolute Gasteiger partial charge is 0.472 e. The molecule has 0 aliphatic heterocycles. The number of hydrogen-bond donors (Lipinski definition) is 1. The second kappa shape index (κ2) is 4.30. The molecule has 58 valence electrons. The van der Waals surface area contributed by atoms with Crippen molar-refractivity contribution in [3.63, 3.8) is 0 Å². The van der Waals surface area contributed by atoms with Gasteiger partial charge in [0.25, 0.3) is 0 Å². The van der Waals surface area contributed by atoms with Gasteiger partial charge in [0.2, 0.25) is 0 Å². The Morgan fingerprint density at radius 1 is 1.70 bits per heavy atom. The van der Waals surface area contributed by atoms with Crippen molar-refractivity contribution in [1.29, 1.82) is 0 Å². The van der Waals surface area contributed by atoms with E-state index in [4.69, 9.17) is 10.2 Å². The Bertz CT molecular complexity index is 166. The summed E-state index contributed by atoms with van der Waals surface area (Å²) in [6.45, 7) is -0.542. The molecule has 1 rings (SSSR count). The maximum Gasteiger partial charge on any atom is 0.109 e. The van der Waals surface area contributed by atoms with E-state index in [1.54, 1.807) is 6.07 Å². The summed E-state index contributed by atoms with van der Waals surface area (Å²) in [5.74, 6) is 0. The number of hydrogen-bond acceptors (Lipinski definition) is 2. The molecule has 1 aromatic heterocycles. The highest BCUT2D eigenvalue weighted by atomic mass is 35.5. The van der Waals surface area contributed by atoms with Crippen LogP contribution in [0, 0.1) is 0 Å². The molecule has 1 aromatic rings. The molecule has 0 amide bonds. The predicted molar refractivity (Wildman–Crippen MR) is 38.9 cm³/mol. The molecule has 0 unspecified atom stereocenters. The summed E-state index contributed by atoms with van der Waals surface area (Å²) >= 11 is 0. The summed E-state index contributed by atoms with van der Waals surface area (Å²) in [7, 11) is 0. The van der Waals surface area contributed by atoms with Gasteiger partial charge in [0, 0.05) is 5.56 Å². The van der Waals surface area contributed by atoms with E-state index >= 15 is 0 Å². The molecular formula is C6H9ClFNO. The van der Waals surface area contributed by atoms with Gasteiger partial charge in [0.1, 0.15) is 6.67 Å². The second-order valence-electron chi connectivity index (χ2n) is 1.82. The predicted octanol–water partition coefficient (Wildman–Crippen LogP) is 1.67. The van der Waals surface area contributed by atoms with Gasteiger partial charge in [0.05, 0.1) is 18.6 Å². The lowest BCUT2D eigenvalue weighted by molar-refractivity contribution is 0.434. The van der Waals surface area contributed by atoms with Crippen molar-refractivity contribution in [1.82, 2.24) is 0 Å². The van der Waals surface area contributed by atoms with Crippen LogP contribution in [0.3, 0.4) is 0 Å². The molecule has 0 aliphatic rings. The topological polar surface area (TPSA) is 39.2 Å². The number of rotatable bonds is 2. The molecule has 4 heteroatoms. The fraction of sp³-hybridized carbons (Fsp3) is 0.333. The van der Waals surface area contributed by atoms with E-state index in [2.05, 4.69) is 0 Å². The van der Waals surface area contributed by atoms with E-state index < -0.39 is 12.7 Å². The third-order valence-electron chi connectivity index (χ3n) is 1.14. The third kappa shape index (κ3) is 2.01. The summed E-state index contributed by atoms with van der Waals surface area (Å²) in [5, 5.41) is 0. The van der Waals surface area contributed by atoms with Crippen molar-refractivity contribution >= 4 is 12.4 Å². The van der Waals surface area contributed by atoms with E-state index in [0.717, 1.165) is 0 Å². The van der Waals surface area contributed by atoms with Crippen molar-refractivity contribution in [2.75, 3.05) is 6.67 Å². The standard InChI is InChI=1S/C6H8FNO.ClH/c7-3-6(8)5-1-2-9-4-5;/h1-2,4,6H,3,8H2;1H/t6-;/m0./s1. The van der Waals surface area contributed by atoms with Gasteiger partial charge in [0.15, 0.2) is 0 Å². The molecule has 0 aromatic carbocycles. The van der Waals surface area contributed by atoms with Crippen LogP contribution in [-0.4, -0.2) is 6.67 Å². The van der Waals surface area contributed by atoms with Crippen LogP contribution in [-0.2, 0) is 0 Å². The molecule has 1 atom stereocenters. The molecule has 1 heterocycles. The van der Waals surface area contributed by atoms with Gasteiger partial charge in [-0.15, -0.1) is 12.4 Å². The van der Waals surface area contributed by atoms with Gasteiger partial charge >= 0.3 is 0 Å². The van der Waals surface area contributed by atoms with Gasteiger partial charge in [-0.2, -0.15) is 0 Å². The van der Waals surface area contributed by atoms with E-state index in [9.17, 15) is 4.39 Å². The first kappa shape index (κ1) is 9.46. The van der Waals surface area contributed by atoms with Crippen LogP contribution in [0.15, 0.2) is 23.0 Å². The quantitative estimate of drug-likeness (QED) is 0.724. The Morgan fingerprint density at radius 2 is 2.40 bits per heavy atom. The van der Waals surface area contributed by atoms with Crippen molar-refractivity contribution in [3.8, 4) is 0 Å². The fourth-order valence-corrected chi connectivity index (χ4v) is 0.575. The van der Waals surface area contributed by atoms with Gasteiger partial charge < -0.3 is 10.2 Å². The Labute approximate surface area is 64.6 Å². The summed E-state index contributed by atoms with van der Waals surface area (Å²) < 4.78 is 16.5. The van der Waals surface area contributed by atoms with Gasteiger partial charge in [-0.05, 0) is 6.07 Å². The maximum absolute atomic E-state index is 11.8. The smallest absolute Gasteiger partial charge is 0.109 e. The zero-order valence-corrected chi connectivity index (χ0v) is 6.10. The number of halogens is 2. The first-order valence-electron chi connectivity index (χ1n) is 2.68. The highest BCUT2D eigenvalue weighted by molar-refractivity contribution is 5.85. The summed E-state index contributed by atoms with van der Waals surface area (Å²) in [4.78, 5) is 0. The summed E-state index contributed by atoms with van der Waals surface area (Å²) in [5.41, 5.74) is 6.01. The molecule has 0 saturated carbocycles. The van der Waals surface area contributed by atoms with Gasteiger partial charge in [-0.25, -0.2) is 4.39 Å². The number of alkyl halides is 1. The van der Waals surface area contributed by atoms with Crippen LogP contribution in [0.25, 0.3) is 0 Å². The Hall–Kier alpha value is -0.540. The highest BCUT2D eigenvalue weighted by Gasteiger charge is 2.04. The normalized spacial score (nSPS) is 12.2. The molecule has 0 fully saturated rings. The molecule has 0 saturated heterocycles. The number of nitrogens with two attached hydrogens (primary N) is 1. The first-order valence-corrected chi connectivity index (χ1v) is 2.68. The second-order valence-corrected chi connectivity index (χ2v) is 1.82. The van der Waals surface area contributed by atoms with E-state index in [0.29, 0.717) is 5.56 Å². The molecule has 0 bridgehead atoms. The van der Waals surface area contributed by atoms with Crippen molar-refractivity contribution in [3.05, 3.63) is 24.2 Å². The molecule has 0 spiro atoms. The van der Waals surface area contributed by atoms with Crippen LogP contribution in [0.4, 0.5) is 4.39 Å². The van der Waals surface area contributed by atoms with Crippen LogP contribution < -0.4 is 5.73 Å². The maximum atomic E-state index is 11.8. The minimum Gasteiger partial charge on any atom is -0.472 e. The van der Waals surface area contributed by atoms with E-state index in [-0.39, 0.29) is 12.4 Å². The Kier molecular flexibility index (Phi) is 4.07. The Balaban J connectivity index is 0.000000810. The minimum atomic E-state index is -0.542. The first-order chi connectivity index (χ1) is 4.34. The monoisotopic (exact) mass is 165 g/mol. The zero-order valence-electron chi connectivity index (χ0n) is 5.29. The van der Waals surface area contributed by atoms with Crippen LogP contribution in [0.1, 0.15) is 11.6 Å². The minimum absolute atomic E-state index is 0.